The molecule has 1 aromatic carbocycles. The van der Waals surface area contributed by atoms with Gasteiger partial charge < -0.3 is 14.7 Å². The van der Waals surface area contributed by atoms with Crippen molar-refractivity contribution in [3.05, 3.63) is 28.3 Å². The Labute approximate surface area is 159 Å². The maximum atomic E-state index is 12.5. The van der Waals surface area contributed by atoms with Crippen LogP contribution in [0.2, 0.25) is 5.02 Å². The van der Waals surface area contributed by atoms with Crippen molar-refractivity contribution in [3.63, 3.8) is 0 Å². The van der Waals surface area contributed by atoms with Gasteiger partial charge >= 0.3 is 5.97 Å². The van der Waals surface area contributed by atoms with E-state index in [1.54, 1.807) is 0 Å². The molecule has 6 nitrogen and oxygen atoms in total. The minimum absolute atomic E-state index is 0.00383. The third kappa shape index (κ3) is 5.61. The Morgan fingerprint density at radius 3 is 2.54 bits per heavy atom. The second-order valence-corrected chi connectivity index (χ2v) is 7.31. The van der Waals surface area contributed by atoms with Gasteiger partial charge in [0.2, 0.25) is 0 Å². The second-order valence-electron chi connectivity index (χ2n) is 6.93. The third-order valence-electron chi connectivity index (χ3n) is 4.83. The smallest absolute Gasteiger partial charge is 0.317 e. The molecule has 0 aliphatic carbocycles. The van der Waals surface area contributed by atoms with Crippen molar-refractivity contribution in [1.29, 1.82) is 0 Å². The van der Waals surface area contributed by atoms with Gasteiger partial charge in [0.15, 0.2) is 6.61 Å². The lowest BCUT2D eigenvalue weighted by Crippen LogP contribution is -2.38. The number of hydrogen-bond acceptors (Lipinski definition) is 4. The number of likely N-dealkylation sites (tertiary alicyclic amines) is 1. The first-order valence-electron chi connectivity index (χ1n) is 8.87. The normalized spacial score (nSPS) is 17.9. The molecule has 1 unspecified atom stereocenters. The summed E-state index contributed by atoms with van der Waals surface area (Å²) in [5.74, 6) is -0.227. The molecular weight excluding hydrogens is 356 g/mol. The van der Waals surface area contributed by atoms with Crippen LogP contribution in [0, 0.1) is 13.8 Å². The summed E-state index contributed by atoms with van der Waals surface area (Å²) >= 11 is 6.15. The number of carboxylic acids is 1. The van der Waals surface area contributed by atoms with Crippen LogP contribution in [0.15, 0.2) is 12.1 Å². The molecule has 0 spiro atoms. The van der Waals surface area contributed by atoms with E-state index in [0.29, 0.717) is 23.9 Å². The molecule has 1 aliphatic rings. The highest BCUT2D eigenvalue weighted by Gasteiger charge is 2.24. The average molecular weight is 383 g/mol. The van der Waals surface area contributed by atoms with Crippen molar-refractivity contribution >= 4 is 23.5 Å². The van der Waals surface area contributed by atoms with E-state index in [-0.39, 0.29) is 25.1 Å². The number of carbonyl (C=O) groups excluding carboxylic acids is 1. The molecule has 1 N–H and O–H groups in total. The zero-order chi connectivity index (χ0) is 19.3. The number of hydrogen-bond donors (Lipinski definition) is 1. The lowest BCUT2D eigenvalue weighted by molar-refractivity contribution is -0.138. The highest BCUT2D eigenvalue weighted by molar-refractivity contribution is 6.32. The predicted molar refractivity (Wildman–Crippen MR) is 101 cm³/mol. The number of aliphatic carboxylic acids is 1. The van der Waals surface area contributed by atoms with Crippen LogP contribution in [0.25, 0.3) is 0 Å². The van der Waals surface area contributed by atoms with Crippen molar-refractivity contribution in [2.75, 3.05) is 33.3 Å². The van der Waals surface area contributed by atoms with Gasteiger partial charge in [-0.05, 0) is 63.4 Å². The van der Waals surface area contributed by atoms with Crippen molar-refractivity contribution in [1.82, 2.24) is 9.80 Å². The van der Waals surface area contributed by atoms with E-state index < -0.39 is 5.97 Å². The number of benzene rings is 1. The molecule has 0 radical (unpaired) electrons. The Kier molecular flexibility index (Phi) is 7.29. The molecule has 1 aliphatic heterocycles. The lowest BCUT2D eigenvalue weighted by Gasteiger charge is -2.25. The molecule has 1 amide bonds. The molecule has 0 bridgehead atoms. The molecule has 1 aromatic rings. The topological polar surface area (TPSA) is 70.1 Å². The fourth-order valence-electron chi connectivity index (χ4n) is 3.34. The molecule has 7 heteroatoms. The average Bonchev–Trinajstić information content (AvgIpc) is 2.83. The predicted octanol–water partition coefficient (Wildman–Crippen LogP) is 2.73. The lowest BCUT2D eigenvalue weighted by atomic mass is 10.1. The fourth-order valence-corrected chi connectivity index (χ4v) is 3.45. The van der Waals surface area contributed by atoms with Gasteiger partial charge in [0.05, 0.1) is 6.54 Å². The number of nitrogens with zero attached hydrogens (tertiary/aromatic N) is 2. The Bertz CT molecular complexity index is 642. The molecule has 26 heavy (non-hydrogen) atoms. The highest BCUT2D eigenvalue weighted by Crippen LogP contribution is 2.26. The van der Waals surface area contributed by atoms with Gasteiger partial charge in [-0.25, -0.2) is 0 Å². The maximum absolute atomic E-state index is 12.5. The molecule has 144 valence electrons. The summed E-state index contributed by atoms with van der Waals surface area (Å²) in [6, 6.07) is 3.86. The second kappa shape index (κ2) is 9.24. The summed E-state index contributed by atoms with van der Waals surface area (Å²) in [4.78, 5) is 27.0. The first kappa shape index (κ1) is 20.5. The van der Waals surface area contributed by atoms with Crippen LogP contribution < -0.4 is 4.74 Å². The number of halogens is 1. The van der Waals surface area contributed by atoms with E-state index in [4.69, 9.17) is 21.4 Å². The first-order valence-corrected chi connectivity index (χ1v) is 9.25. The number of aryl methyl sites for hydroxylation is 2. The molecule has 0 aromatic heterocycles. The molecule has 1 fully saturated rings. The van der Waals surface area contributed by atoms with Crippen molar-refractivity contribution < 1.29 is 19.4 Å². The molecule has 1 atom stereocenters. The monoisotopic (exact) mass is 382 g/mol. The van der Waals surface area contributed by atoms with Crippen LogP contribution in [0.1, 0.15) is 30.4 Å². The molecule has 1 heterocycles. The molecular formula is C19H27ClN2O4. The van der Waals surface area contributed by atoms with Crippen LogP contribution in [-0.4, -0.2) is 66.1 Å². The van der Waals surface area contributed by atoms with E-state index in [1.807, 2.05) is 42.8 Å². The van der Waals surface area contributed by atoms with E-state index in [2.05, 4.69) is 0 Å². The summed E-state index contributed by atoms with van der Waals surface area (Å²) in [6.07, 6.45) is 2.53. The summed E-state index contributed by atoms with van der Waals surface area (Å²) in [5, 5.41) is 9.64. The summed E-state index contributed by atoms with van der Waals surface area (Å²) < 4.78 is 5.67. The standard InChI is InChI=1S/C19H27ClN2O4/c1-13-9-16(10-14(2)19(13)20)26-12-17(23)22-7-4-5-15(6-8-22)21(3)11-18(24)25/h9-10,15H,4-8,11-12H2,1-3H3,(H,24,25). The van der Waals surface area contributed by atoms with Crippen molar-refractivity contribution in [2.45, 2.75) is 39.2 Å². The Hall–Kier alpha value is -1.79. The van der Waals surface area contributed by atoms with Gasteiger partial charge in [-0.3, -0.25) is 14.5 Å². The van der Waals surface area contributed by atoms with E-state index in [9.17, 15) is 9.59 Å². The zero-order valence-corrected chi connectivity index (χ0v) is 16.4. The number of rotatable bonds is 6. The zero-order valence-electron chi connectivity index (χ0n) is 15.6. The number of amides is 1. The third-order valence-corrected chi connectivity index (χ3v) is 5.43. The number of ether oxygens (including phenoxy) is 1. The van der Waals surface area contributed by atoms with E-state index in [1.165, 1.54) is 0 Å². The van der Waals surface area contributed by atoms with Crippen molar-refractivity contribution in [3.8, 4) is 5.75 Å². The fraction of sp³-hybridized carbons (Fsp3) is 0.579. The highest BCUT2D eigenvalue weighted by atomic mass is 35.5. The summed E-state index contributed by atoms with van der Waals surface area (Å²) in [5.41, 5.74) is 1.85. The maximum Gasteiger partial charge on any atom is 0.317 e. The van der Waals surface area contributed by atoms with Gasteiger partial charge in [-0.15, -0.1) is 0 Å². The number of carbonyl (C=O) groups is 2. The van der Waals surface area contributed by atoms with Crippen LogP contribution in [0.4, 0.5) is 0 Å². The van der Waals surface area contributed by atoms with Gasteiger partial charge in [0.1, 0.15) is 5.75 Å². The van der Waals surface area contributed by atoms with E-state index >= 15 is 0 Å². The van der Waals surface area contributed by atoms with Crippen molar-refractivity contribution in [2.24, 2.45) is 0 Å². The SMILES string of the molecule is Cc1cc(OCC(=O)N2CCCC(N(C)CC(=O)O)CC2)cc(C)c1Cl. The molecule has 1 saturated heterocycles. The number of likely N-dealkylation sites (N-methyl/N-ethyl adjacent to an activating group) is 1. The minimum atomic E-state index is -0.827. The van der Waals surface area contributed by atoms with Gasteiger partial charge in [0.25, 0.3) is 5.91 Å². The molecule has 0 saturated carbocycles. The number of carboxylic acid groups (broad SMARTS) is 1. The first-order chi connectivity index (χ1) is 12.3. The van der Waals surface area contributed by atoms with Crippen LogP contribution in [0.5, 0.6) is 5.75 Å². The van der Waals surface area contributed by atoms with Crippen LogP contribution >= 0.6 is 11.6 Å². The molecule has 2 rings (SSSR count). The Morgan fingerprint density at radius 1 is 1.27 bits per heavy atom. The Morgan fingerprint density at radius 2 is 1.92 bits per heavy atom. The summed E-state index contributed by atoms with van der Waals surface area (Å²) in [6.45, 7) is 5.14. The van der Waals surface area contributed by atoms with Gasteiger partial charge in [-0.1, -0.05) is 11.6 Å². The Balaban J connectivity index is 1.87. The van der Waals surface area contributed by atoms with E-state index in [0.717, 1.165) is 30.4 Å². The van der Waals surface area contributed by atoms with Gasteiger partial charge in [0, 0.05) is 24.2 Å². The quantitative estimate of drug-likeness (QED) is 0.819. The van der Waals surface area contributed by atoms with Crippen LogP contribution in [-0.2, 0) is 9.59 Å². The van der Waals surface area contributed by atoms with Crippen LogP contribution in [0.3, 0.4) is 0 Å². The largest absolute Gasteiger partial charge is 0.484 e. The summed E-state index contributed by atoms with van der Waals surface area (Å²) in [7, 11) is 1.82. The minimum Gasteiger partial charge on any atom is -0.484 e. The van der Waals surface area contributed by atoms with Gasteiger partial charge in [-0.2, -0.15) is 0 Å².